The van der Waals surface area contributed by atoms with E-state index < -0.39 is 0 Å². The summed E-state index contributed by atoms with van der Waals surface area (Å²) in [6.45, 7) is 1.11. The number of rotatable bonds is 4. The van der Waals surface area contributed by atoms with E-state index in [-0.39, 0.29) is 0 Å². The third-order valence-corrected chi connectivity index (χ3v) is 2.51. The molecule has 80 valence electrons. The summed E-state index contributed by atoms with van der Waals surface area (Å²) in [6.07, 6.45) is 2.17. The summed E-state index contributed by atoms with van der Waals surface area (Å²) in [4.78, 5) is 2.20. The van der Waals surface area contributed by atoms with Gasteiger partial charge in [-0.15, -0.1) is 0 Å². The van der Waals surface area contributed by atoms with Crippen LogP contribution in [0.3, 0.4) is 0 Å². The first kappa shape index (κ1) is 10.2. The Balaban J connectivity index is 2.03. The summed E-state index contributed by atoms with van der Waals surface area (Å²) >= 11 is 0. The quantitative estimate of drug-likeness (QED) is 0.759. The lowest BCUT2D eigenvalue weighted by atomic mass is 10.2. The number of aryl methyl sites for hydroxylation is 1. The maximum absolute atomic E-state index is 5.73. The number of furan rings is 1. The van der Waals surface area contributed by atoms with Crippen LogP contribution in [-0.4, -0.2) is 25.5 Å². The second-order valence-corrected chi connectivity index (χ2v) is 4.16. The van der Waals surface area contributed by atoms with Crippen LogP contribution in [0.15, 0.2) is 34.7 Å². The van der Waals surface area contributed by atoms with Gasteiger partial charge in [0.05, 0.1) is 0 Å². The van der Waals surface area contributed by atoms with Crippen LogP contribution in [0, 0.1) is 0 Å². The zero-order chi connectivity index (χ0) is 10.7. The van der Waals surface area contributed by atoms with Gasteiger partial charge in [0.25, 0.3) is 0 Å². The molecule has 0 radical (unpaired) electrons. The van der Waals surface area contributed by atoms with Crippen molar-refractivity contribution in [1.82, 2.24) is 4.90 Å². The van der Waals surface area contributed by atoms with E-state index in [2.05, 4.69) is 31.1 Å². The van der Waals surface area contributed by atoms with Crippen molar-refractivity contribution >= 4 is 11.0 Å². The molecule has 1 aromatic heterocycles. The standard InChI is InChI=1S/C13H17NO/c1-14(2)9-5-7-12-10-11-6-3-4-8-13(11)15-12/h3-4,6,8,10H,5,7,9H2,1-2H3. The summed E-state index contributed by atoms with van der Waals surface area (Å²) in [5, 5.41) is 1.21. The van der Waals surface area contributed by atoms with Crippen LogP contribution in [0.25, 0.3) is 11.0 Å². The Morgan fingerprint density at radius 3 is 2.73 bits per heavy atom. The Morgan fingerprint density at radius 2 is 2.00 bits per heavy atom. The lowest BCUT2D eigenvalue weighted by Gasteiger charge is -2.07. The Hall–Kier alpha value is -1.28. The molecule has 0 amide bonds. The molecule has 0 spiro atoms. The van der Waals surface area contributed by atoms with E-state index in [0.717, 1.165) is 30.7 Å². The van der Waals surface area contributed by atoms with Gasteiger partial charge in [-0.05, 0) is 39.2 Å². The molecule has 0 fully saturated rings. The van der Waals surface area contributed by atoms with Crippen molar-refractivity contribution in [2.75, 3.05) is 20.6 Å². The number of hydrogen-bond donors (Lipinski definition) is 0. The Morgan fingerprint density at radius 1 is 1.20 bits per heavy atom. The zero-order valence-electron chi connectivity index (χ0n) is 9.36. The predicted molar refractivity (Wildman–Crippen MR) is 63.1 cm³/mol. The van der Waals surface area contributed by atoms with Crippen molar-refractivity contribution in [1.29, 1.82) is 0 Å². The van der Waals surface area contributed by atoms with E-state index in [1.165, 1.54) is 5.39 Å². The number of hydrogen-bond acceptors (Lipinski definition) is 2. The first-order chi connectivity index (χ1) is 7.25. The first-order valence-electron chi connectivity index (χ1n) is 5.38. The molecule has 0 saturated heterocycles. The zero-order valence-corrected chi connectivity index (χ0v) is 9.36. The first-order valence-corrected chi connectivity index (χ1v) is 5.38. The van der Waals surface area contributed by atoms with Crippen molar-refractivity contribution in [2.24, 2.45) is 0 Å². The minimum absolute atomic E-state index is 0.998. The van der Waals surface area contributed by atoms with E-state index in [1.54, 1.807) is 0 Å². The fourth-order valence-electron chi connectivity index (χ4n) is 1.73. The van der Waals surface area contributed by atoms with E-state index in [0.29, 0.717) is 0 Å². The van der Waals surface area contributed by atoms with Gasteiger partial charge in [-0.2, -0.15) is 0 Å². The third kappa shape index (κ3) is 2.60. The summed E-state index contributed by atoms with van der Waals surface area (Å²) in [5.74, 6) is 1.10. The van der Waals surface area contributed by atoms with Gasteiger partial charge in [0.1, 0.15) is 11.3 Å². The molecule has 0 aliphatic carbocycles. The molecule has 0 N–H and O–H groups in total. The highest BCUT2D eigenvalue weighted by Gasteiger charge is 2.02. The number of fused-ring (bicyclic) bond motifs is 1. The average Bonchev–Trinajstić information content (AvgIpc) is 2.59. The molecule has 2 nitrogen and oxygen atoms in total. The normalized spacial score (nSPS) is 11.4. The molecule has 2 aromatic rings. The van der Waals surface area contributed by atoms with Gasteiger partial charge < -0.3 is 9.32 Å². The molecule has 0 unspecified atom stereocenters. The van der Waals surface area contributed by atoms with Crippen LogP contribution in [0.1, 0.15) is 12.2 Å². The van der Waals surface area contributed by atoms with Gasteiger partial charge in [-0.25, -0.2) is 0 Å². The molecule has 1 heterocycles. The van der Waals surface area contributed by atoms with Crippen LogP contribution >= 0.6 is 0 Å². The minimum atomic E-state index is 0.998. The Labute approximate surface area is 90.5 Å². The number of para-hydroxylation sites is 1. The Bertz CT molecular complexity index is 398. The average molecular weight is 203 g/mol. The SMILES string of the molecule is CN(C)CCCc1cc2ccccc2o1. The summed E-state index contributed by atoms with van der Waals surface area (Å²) in [5.41, 5.74) is 0.998. The monoisotopic (exact) mass is 203 g/mol. The fourth-order valence-corrected chi connectivity index (χ4v) is 1.73. The smallest absolute Gasteiger partial charge is 0.134 e. The molecule has 0 atom stereocenters. The van der Waals surface area contributed by atoms with Gasteiger partial charge >= 0.3 is 0 Å². The van der Waals surface area contributed by atoms with E-state index in [9.17, 15) is 0 Å². The maximum Gasteiger partial charge on any atom is 0.134 e. The molecule has 15 heavy (non-hydrogen) atoms. The summed E-state index contributed by atoms with van der Waals surface area (Å²) in [6, 6.07) is 10.3. The van der Waals surface area contributed by atoms with Crippen LogP contribution in [0.2, 0.25) is 0 Å². The predicted octanol–water partition coefficient (Wildman–Crippen LogP) is 2.93. The molecule has 0 aliphatic heterocycles. The van der Waals surface area contributed by atoms with Crippen molar-refractivity contribution in [3.05, 3.63) is 36.1 Å². The number of benzene rings is 1. The lowest BCUT2D eigenvalue weighted by Crippen LogP contribution is -2.13. The topological polar surface area (TPSA) is 16.4 Å². The second kappa shape index (κ2) is 4.49. The van der Waals surface area contributed by atoms with Gasteiger partial charge in [0.2, 0.25) is 0 Å². The largest absolute Gasteiger partial charge is 0.461 e. The van der Waals surface area contributed by atoms with E-state index >= 15 is 0 Å². The molecule has 2 heteroatoms. The van der Waals surface area contributed by atoms with Gasteiger partial charge in [-0.3, -0.25) is 0 Å². The van der Waals surface area contributed by atoms with Gasteiger partial charge in [0, 0.05) is 11.8 Å². The van der Waals surface area contributed by atoms with Crippen molar-refractivity contribution in [3.63, 3.8) is 0 Å². The molecular formula is C13H17NO. The van der Waals surface area contributed by atoms with Crippen LogP contribution in [0.4, 0.5) is 0 Å². The van der Waals surface area contributed by atoms with E-state index in [1.807, 2.05) is 18.2 Å². The maximum atomic E-state index is 5.73. The molecule has 0 bridgehead atoms. The van der Waals surface area contributed by atoms with Crippen molar-refractivity contribution in [2.45, 2.75) is 12.8 Å². The van der Waals surface area contributed by atoms with Gasteiger partial charge in [0.15, 0.2) is 0 Å². The number of nitrogens with zero attached hydrogens (tertiary/aromatic N) is 1. The lowest BCUT2D eigenvalue weighted by molar-refractivity contribution is 0.392. The third-order valence-electron chi connectivity index (χ3n) is 2.51. The molecule has 2 rings (SSSR count). The minimum Gasteiger partial charge on any atom is -0.461 e. The van der Waals surface area contributed by atoms with Crippen molar-refractivity contribution < 1.29 is 4.42 Å². The highest BCUT2D eigenvalue weighted by atomic mass is 16.3. The van der Waals surface area contributed by atoms with Crippen LogP contribution < -0.4 is 0 Å². The molecular weight excluding hydrogens is 186 g/mol. The van der Waals surface area contributed by atoms with Crippen LogP contribution in [-0.2, 0) is 6.42 Å². The highest BCUT2D eigenvalue weighted by Crippen LogP contribution is 2.19. The molecule has 0 saturated carbocycles. The van der Waals surface area contributed by atoms with Gasteiger partial charge in [-0.1, -0.05) is 18.2 Å². The van der Waals surface area contributed by atoms with Crippen molar-refractivity contribution in [3.8, 4) is 0 Å². The molecule has 1 aromatic carbocycles. The fraction of sp³-hybridized carbons (Fsp3) is 0.385. The summed E-state index contributed by atoms with van der Waals surface area (Å²) < 4.78 is 5.73. The summed E-state index contributed by atoms with van der Waals surface area (Å²) in [7, 11) is 4.19. The Kier molecular flexibility index (Phi) is 3.07. The second-order valence-electron chi connectivity index (χ2n) is 4.16. The van der Waals surface area contributed by atoms with Crippen LogP contribution in [0.5, 0.6) is 0 Å². The highest BCUT2D eigenvalue weighted by molar-refractivity contribution is 5.77. The molecule has 0 aliphatic rings. The van der Waals surface area contributed by atoms with E-state index in [4.69, 9.17) is 4.42 Å².